The minimum atomic E-state index is -0.233. The van der Waals surface area contributed by atoms with E-state index in [0.717, 1.165) is 24.3 Å². The molecule has 0 saturated carbocycles. The number of anilines is 1. The van der Waals surface area contributed by atoms with Gasteiger partial charge < -0.3 is 25.2 Å². The van der Waals surface area contributed by atoms with Crippen LogP contribution in [0.3, 0.4) is 0 Å². The van der Waals surface area contributed by atoms with Crippen molar-refractivity contribution < 1.29 is 14.3 Å². The first-order chi connectivity index (χ1) is 16.4. The van der Waals surface area contributed by atoms with E-state index in [-0.39, 0.29) is 24.3 Å². The summed E-state index contributed by atoms with van der Waals surface area (Å²) >= 11 is 0. The van der Waals surface area contributed by atoms with Gasteiger partial charge >= 0.3 is 0 Å². The van der Waals surface area contributed by atoms with E-state index in [1.807, 2.05) is 50.2 Å². The number of nitrogens with zero attached hydrogens (tertiary/aromatic N) is 3. The van der Waals surface area contributed by atoms with Crippen LogP contribution >= 0.6 is 0 Å². The number of hydrogen-bond acceptors (Lipinski definition) is 6. The topological polar surface area (TPSA) is 86.8 Å². The number of rotatable bonds is 11. The third kappa shape index (κ3) is 6.88. The van der Waals surface area contributed by atoms with Gasteiger partial charge in [-0.15, -0.1) is 6.58 Å². The van der Waals surface area contributed by atoms with Crippen LogP contribution in [0.4, 0.5) is 5.69 Å². The van der Waals surface area contributed by atoms with Crippen LogP contribution in [-0.2, 0) is 17.8 Å². The Balaban J connectivity index is 1.57. The molecule has 2 heterocycles. The van der Waals surface area contributed by atoms with E-state index in [9.17, 15) is 9.59 Å². The Morgan fingerprint density at radius 1 is 1.26 bits per heavy atom. The normalized spacial score (nSPS) is 14.8. The minimum absolute atomic E-state index is 0.0470. The minimum Gasteiger partial charge on any atom is -0.490 e. The number of benzene rings is 1. The summed E-state index contributed by atoms with van der Waals surface area (Å²) in [5, 5.41) is 6.11. The number of nitrogens with one attached hydrogen (secondary N) is 2. The molecule has 0 spiro atoms. The molecular formula is C26H35N5O3. The van der Waals surface area contributed by atoms with Crippen molar-refractivity contribution in [2.45, 2.75) is 19.9 Å². The first-order valence-corrected chi connectivity index (χ1v) is 11.7. The van der Waals surface area contributed by atoms with Crippen molar-refractivity contribution >= 4 is 17.5 Å². The van der Waals surface area contributed by atoms with Gasteiger partial charge in [0, 0.05) is 43.9 Å². The van der Waals surface area contributed by atoms with Gasteiger partial charge in [-0.2, -0.15) is 0 Å². The summed E-state index contributed by atoms with van der Waals surface area (Å²) in [7, 11) is 3.98. The zero-order valence-electron chi connectivity index (χ0n) is 20.3. The number of amides is 2. The summed E-state index contributed by atoms with van der Waals surface area (Å²) in [6.07, 6.45) is 4.35. The van der Waals surface area contributed by atoms with Gasteiger partial charge in [-0.3, -0.25) is 14.6 Å². The van der Waals surface area contributed by atoms with E-state index < -0.39 is 0 Å². The van der Waals surface area contributed by atoms with E-state index in [1.165, 1.54) is 0 Å². The van der Waals surface area contributed by atoms with Crippen molar-refractivity contribution in [2.75, 3.05) is 52.2 Å². The Hall–Kier alpha value is -3.23. The molecule has 1 atom stereocenters. The van der Waals surface area contributed by atoms with Crippen LogP contribution in [0.5, 0.6) is 5.75 Å². The predicted octanol–water partition coefficient (Wildman–Crippen LogP) is 2.57. The van der Waals surface area contributed by atoms with Crippen molar-refractivity contribution in [3.8, 4) is 5.75 Å². The highest BCUT2D eigenvalue weighted by Gasteiger charge is 2.21. The monoisotopic (exact) mass is 465 g/mol. The van der Waals surface area contributed by atoms with E-state index in [4.69, 9.17) is 4.74 Å². The second-order valence-corrected chi connectivity index (χ2v) is 8.67. The fraction of sp³-hybridized carbons (Fsp3) is 0.423. The number of hydrogen-bond donors (Lipinski definition) is 2. The standard InChI is InChI=1S/C26H35N5O3/c1-5-19-14-20-8-7-9-23(25(20)34-18-19)29-26(33)21-10-11-28-22(15-21)16-27-17-24(32)31(6-2)13-12-30(3)4/h5,7-11,15,19,27H,1,6,12-14,16-18H2,2-4H3,(H,29,33). The summed E-state index contributed by atoms with van der Waals surface area (Å²) in [6, 6.07) is 9.18. The molecule has 1 unspecified atom stereocenters. The van der Waals surface area contributed by atoms with Gasteiger partial charge in [-0.25, -0.2) is 0 Å². The zero-order chi connectivity index (χ0) is 24.5. The fourth-order valence-electron chi connectivity index (χ4n) is 3.80. The summed E-state index contributed by atoms with van der Waals surface area (Å²) < 4.78 is 5.91. The lowest BCUT2D eigenvalue weighted by molar-refractivity contribution is -0.130. The van der Waals surface area contributed by atoms with Crippen LogP contribution in [-0.4, -0.2) is 73.5 Å². The number of ether oxygens (including phenoxy) is 1. The third-order valence-electron chi connectivity index (χ3n) is 5.81. The second-order valence-electron chi connectivity index (χ2n) is 8.67. The quantitative estimate of drug-likeness (QED) is 0.496. The summed E-state index contributed by atoms with van der Waals surface area (Å²) in [4.78, 5) is 33.6. The van der Waals surface area contributed by atoms with Gasteiger partial charge in [0.15, 0.2) is 0 Å². The van der Waals surface area contributed by atoms with Gasteiger partial charge in [0.1, 0.15) is 5.75 Å². The molecule has 1 aliphatic rings. The highest BCUT2D eigenvalue weighted by Crippen LogP contribution is 2.35. The smallest absolute Gasteiger partial charge is 0.255 e. The summed E-state index contributed by atoms with van der Waals surface area (Å²) in [5.41, 5.74) is 2.91. The Morgan fingerprint density at radius 2 is 2.09 bits per heavy atom. The van der Waals surface area contributed by atoms with Crippen LogP contribution in [0.2, 0.25) is 0 Å². The van der Waals surface area contributed by atoms with Crippen molar-refractivity contribution in [3.63, 3.8) is 0 Å². The molecule has 0 bridgehead atoms. The van der Waals surface area contributed by atoms with Crippen molar-refractivity contribution in [2.24, 2.45) is 5.92 Å². The molecule has 0 saturated heterocycles. The van der Waals surface area contributed by atoms with Crippen molar-refractivity contribution in [1.29, 1.82) is 0 Å². The number of para-hydroxylation sites is 1. The van der Waals surface area contributed by atoms with Gasteiger partial charge in [0.2, 0.25) is 5.91 Å². The first-order valence-electron chi connectivity index (χ1n) is 11.7. The van der Waals surface area contributed by atoms with E-state index in [2.05, 4.69) is 27.1 Å². The predicted molar refractivity (Wildman–Crippen MR) is 134 cm³/mol. The molecule has 2 N–H and O–H groups in total. The molecular weight excluding hydrogens is 430 g/mol. The van der Waals surface area contributed by atoms with Gasteiger partial charge in [0.05, 0.1) is 24.5 Å². The highest BCUT2D eigenvalue weighted by atomic mass is 16.5. The number of aromatic nitrogens is 1. The molecule has 1 aromatic heterocycles. The van der Waals surface area contributed by atoms with Gasteiger partial charge in [0.25, 0.3) is 5.91 Å². The number of carbonyl (C=O) groups is 2. The van der Waals surface area contributed by atoms with Gasteiger partial charge in [-0.1, -0.05) is 18.2 Å². The Morgan fingerprint density at radius 3 is 2.82 bits per heavy atom. The van der Waals surface area contributed by atoms with Gasteiger partial charge in [-0.05, 0) is 51.2 Å². The SMILES string of the molecule is C=CC1COc2c(cccc2NC(=O)c2ccnc(CNCC(=O)N(CC)CCN(C)C)c2)C1. The van der Waals surface area contributed by atoms with Crippen molar-refractivity contribution in [3.05, 3.63) is 66.0 Å². The second kappa shape index (κ2) is 12.3. The molecule has 34 heavy (non-hydrogen) atoms. The third-order valence-corrected chi connectivity index (χ3v) is 5.81. The highest BCUT2D eigenvalue weighted by molar-refractivity contribution is 6.05. The molecule has 2 amide bonds. The average Bonchev–Trinajstić information content (AvgIpc) is 2.84. The molecule has 3 rings (SSSR count). The number of carbonyl (C=O) groups excluding carboxylic acids is 2. The molecule has 8 nitrogen and oxygen atoms in total. The molecule has 182 valence electrons. The van der Waals surface area contributed by atoms with E-state index in [0.29, 0.717) is 43.2 Å². The maximum Gasteiger partial charge on any atom is 0.255 e. The molecule has 1 aliphatic heterocycles. The lowest BCUT2D eigenvalue weighted by Crippen LogP contribution is -2.41. The fourth-order valence-corrected chi connectivity index (χ4v) is 3.80. The van der Waals surface area contributed by atoms with Crippen molar-refractivity contribution in [1.82, 2.24) is 20.1 Å². The summed E-state index contributed by atoms with van der Waals surface area (Å²) in [5.74, 6) is 0.810. The average molecular weight is 466 g/mol. The first kappa shape index (κ1) is 25.4. The van der Waals surface area contributed by atoms with Crippen LogP contribution < -0.4 is 15.4 Å². The van der Waals surface area contributed by atoms with Crippen LogP contribution in [0.1, 0.15) is 28.5 Å². The van der Waals surface area contributed by atoms with Crippen LogP contribution in [0.25, 0.3) is 0 Å². The Kier molecular flexibility index (Phi) is 9.18. The van der Waals surface area contributed by atoms with E-state index in [1.54, 1.807) is 18.3 Å². The Bertz CT molecular complexity index is 1010. The zero-order valence-corrected chi connectivity index (χ0v) is 20.3. The summed E-state index contributed by atoms with van der Waals surface area (Å²) in [6.45, 7) is 9.18. The largest absolute Gasteiger partial charge is 0.490 e. The lowest BCUT2D eigenvalue weighted by atomic mass is 9.96. The number of likely N-dealkylation sites (N-methyl/N-ethyl adjacent to an activating group) is 2. The molecule has 0 radical (unpaired) electrons. The Labute approximate surface area is 202 Å². The molecule has 8 heteroatoms. The van der Waals surface area contributed by atoms with Crippen LogP contribution in [0.15, 0.2) is 49.2 Å². The number of pyridine rings is 1. The maximum atomic E-state index is 12.9. The van der Waals surface area contributed by atoms with E-state index >= 15 is 0 Å². The lowest BCUT2D eigenvalue weighted by Gasteiger charge is -2.25. The number of fused-ring (bicyclic) bond motifs is 1. The van der Waals surface area contributed by atoms with Crippen LogP contribution in [0, 0.1) is 5.92 Å². The molecule has 0 fully saturated rings. The molecule has 1 aromatic carbocycles. The molecule has 0 aliphatic carbocycles. The maximum absolute atomic E-state index is 12.9. The molecule has 2 aromatic rings.